The van der Waals surface area contributed by atoms with Crippen LogP contribution in [0.4, 0.5) is 5.69 Å². The highest BCUT2D eigenvalue weighted by Crippen LogP contribution is 2.37. The summed E-state index contributed by atoms with van der Waals surface area (Å²) in [7, 11) is 0. The molecule has 1 fully saturated rings. The van der Waals surface area contributed by atoms with Gasteiger partial charge in [0.15, 0.2) is 9.75 Å². The number of aryl methyl sites for hydroxylation is 4. The van der Waals surface area contributed by atoms with Gasteiger partial charge in [-0.05, 0) is 62.6 Å². The Morgan fingerprint density at radius 1 is 1.00 bits per heavy atom. The van der Waals surface area contributed by atoms with Gasteiger partial charge in [0.05, 0.1) is 21.5 Å². The molecule has 29 heavy (non-hydrogen) atoms. The average Bonchev–Trinajstić information content (AvgIpc) is 2.91. The van der Waals surface area contributed by atoms with E-state index in [4.69, 9.17) is 16.6 Å². The number of hydrogen-bond acceptors (Lipinski definition) is 5. The lowest BCUT2D eigenvalue weighted by molar-refractivity contribution is -0.113. The summed E-state index contributed by atoms with van der Waals surface area (Å²) in [4.78, 5) is 28.0. The molecule has 0 atom stereocenters. The van der Waals surface area contributed by atoms with Gasteiger partial charge in [0.2, 0.25) is 0 Å². The summed E-state index contributed by atoms with van der Waals surface area (Å²) < 4.78 is 6.14. The van der Waals surface area contributed by atoms with Crippen molar-refractivity contribution in [3.05, 3.63) is 79.5 Å². The smallest absolute Gasteiger partial charge is 0.270 e. The van der Waals surface area contributed by atoms with Gasteiger partial charge < -0.3 is 4.42 Å². The number of rotatable bonds is 2. The monoisotopic (exact) mass is 421 g/mol. The van der Waals surface area contributed by atoms with E-state index in [9.17, 15) is 9.59 Å². The van der Waals surface area contributed by atoms with Crippen molar-refractivity contribution in [3.63, 3.8) is 0 Å². The number of fused-ring (bicyclic) bond motifs is 1. The molecule has 2 aromatic carbocycles. The summed E-state index contributed by atoms with van der Waals surface area (Å²) in [6, 6.07) is 9.65. The molecule has 1 saturated heterocycles. The first-order valence-corrected chi connectivity index (χ1v) is 10.4. The normalized spacial score (nSPS) is 15.7. The molecule has 1 aromatic heterocycles. The Morgan fingerprint density at radius 3 is 2.45 bits per heavy atom. The highest BCUT2D eigenvalue weighted by molar-refractivity contribution is 8.27. The maximum atomic E-state index is 13.1. The van der Waals surface area contributed by atoms with Gasteiger partial charge in [0.25, 0.3) is 5.91 Å². The van der Waals surface area contributed by atoms with Crippen LogP contribution in [-0.2, 0) is 4.79 Å². The van der Waals surface area contributed by atoms with Crippen LogP contribution < -0.4 is 10.3 Å². The molecule has 4 nitrogen and oxygen atoms in total. The number of benzene rings is 2. The molecular weight excluding hydrogens is 402 g/mol. The second kappa shape index (κ2) is 7.28. The van der Waals surface area contributed by atoms with Gasteiger partial charge in [-0.25, -0.2) is 0 Å². The summed E-state index contributed by atoms with van der Waals surface area (Å²) >= 11 is 6.65. The van der Waals surface area contributed by atoms with Crippen LogP contribution in [0.2, 0.25) is 0 Å². The fraction of sp³-hybridized carbons (Fsp3) is 0.174. The van der Waals surface area contributed by atoms with Crippen LogP contribution >= 0.6 is 24.0 Å². The molecule has 0 unspecified atom stereocenters. The van der Waals surface area contributed by atoms with Crippen LogP contribution in [0, 0.1) is 27.7 Å². The number of carbonyl (C=O) groups excluding carboxylic acids is 1. The molecule has 0 spiro atoms. The van der Waals surface area contributed by atoms with Gasteiger partial charge in [-0.15, -0.1) is 0 Å². The minimum Gasteiger partial charge on any atom is -0.463 e. The topological polar surface area (TPSA) is 50.5 Å². The number of anilines is 1. The minimum absolute atomic E-state index is 0.152. The number of thioether (sulfide) groups is 1. The fourth-order valence-corrected chi connectivity index (χ4v) is 4.89. The number of thiocarbonyl (C=S) groups is 1. The third kappa shape index (κ3) is 3.43. The molecule has 0 N–H and O–H groups in total. The molecule has 1 aliphatic rings. The Balaban J connectivity index is 1.78. The molecule has 1 aliphatic heterocycles. The maximum Gasteiger partial charge on any atom is 0.270 e. The molecule has 0 saturated carbocycles. The van der Waals surface area contributed by atoms with Crippen molar-refractivity contribution in [1.82, 2.24) is 0 Å². The predicted molar refractivity (Wildman–Crippen MR) is 124 cm³/mol. The largest absolute Gasteiger partial charge is 0.463 e. The molecular formula is C23H19NO3S2. The number of carbonyl (C=O) groups is 1. The third-order valence-corrected chi connectivity index (χ3v) is 6.22. The van der Waals surface area contributed by atoms with Crippen molar-refractivity contribution >= 4 is 56.9 Å². The van der Waals surface area contributed by atoms with Crippen molar-refractivity contribution in [2.24, 2.45) is 0 Å². The van der Waals surface area contributed by atoms with Crippen molar-refractivity contribution in [1.29, 1.82) is 0 Å². The van der Waals surface area contributed by atoms with Crippen molar-refractivity contribution in [2.75, 3.05) is 4.90 Å². The molecule has 6 heteroatoms. The van der Waals surface area contributed by atoms with Crippen LogP contribution in [0.3, 0.4) is 0 Å². The Kier molecular flexibility index (Phi) is 4.92. The molecule has 146 valence electrons. The van der Waals surface area contributed by atoms with Gasteiger partial charge in [0, 0.05) is 0 Å². The third-order valence-electron chi connectivity index (χ3n) is 4.92. The molecule has 0 bridgehead atoms. The zero-order valence-corrected chi connectivity index (χ0v) is 18.2. The number of nitrogens with zero attached hydrogens (tertiary/aromatic N) is 1. The number of hydrogen-bond donors (Lipinski definition) is 0. The lowest BCUT2D eigenvalue weighted by Gasteiger charge is -2.17. The van der Waals surface area contributed by atoms with Gasteiger partial charge in [0.1, 0.15) is 11.8 Å². The molecule has 0 aliphatic carbocycles. The van der Waals surface area contributed by atoms with Crippen molar-refractivity contribution in [3.8, 4) is 0 Å². The molecule has 2 heterocycles. The molecule has 1 amide bonds. The van der Waals surface area contributed by atoms with E-state index in [-0.39, 0.29) is 11.3 Å². The molecule has 4 rings (SSSR count). The van der Waals surface area contributed by atoms with E-state index in [1.807, 2.05) is 58.0 Å². The van der Waals surface area contributed by atoms with Crippen LogP contribution in [0.15, 0.2) is 50.7 Å². The van der Waals surface area contributed by atoms with Gasteiger partial charge in [-0.2, -0.15) is 0 Å². The maximum absolute atomic E-state index is 13.1. The Bertz CT molecular complexity index is 1290. The number of amides is 1. The molecule has 3 aromatic rings. The summed E-state index contributed by atoms with van der Waals surface area (Å²) in [6.45, 7) is 7.80. The van der Waals surface area contributed by atoms with E-state index in [1.54, 1.807) is 6.08 Å². The lowest BCUT2D eigenvalue weighted by Crippen LogP contribution is -2.28. The highest BCUT2D eigenvalue weighted by atomic mass is 32.2. The zero-order chi connectivity index (χ0) is 20.9. The van der Waals surface area contributed by atoms with E-state index in [2.05, 4.69) is 0 Å². The zero-order valence-electron chi connectivity index (χ0n) is 16.5. The summed E-state index contributed by atoms with van der Waals surface area (Å²) in [5.41, 5.74) is 5.47. The Morgan fingerprint density at radius 2 is 1.72 bits per heavy atom. The van der Waals surface area contributed by atoms with E-state index in [1.165, 1.54) is 22.9 Å². The van der Waals surface area contributed by atoms with E-state index in [0.717, 1.165) is 27.9 Å². The summed E-state index contributed by atoms with van der Waals surface area (Å²) in [5, 5.41) is 0.536. The van der Waals surface area contributed by atoms with Gasteiger partial charge >= 0.3 is 0 Å². The second-order valence-electron chi connectivity index (χ2n) is 7.28. The summed E-state index contributed by atoms with van der Waals surface area (Å²) in [5.74, 6) is -0.230. The minimum atomic E-state index is -0.230. The van der Waals surface area contributed by atoms with Crippen LogP contribution in [0.1, 0.15) is 27.8 Å². The quantitative estimate of drug-likeness (QED) is 0.408. The predicted octanol–water partition coefficient (Wildman–Crippen LogP) is 5.43. The Labute approximate surface area is 178 Å². The standard InChI is InChI=1S/C23H19NO3S2/c1-12-5-6-17(14(3)7-12)24-22(26)19(29-23(24)28)10-16-11-27-18-9-13(2)8-15(4)20(18)21(16)25/h5-11H,1-4H3/b19-10-. The SMILES string of the molecule is Cc1ccc(N2C(=O)/C(=C/c3coc4cc(C)cc(C)c4c3=O)SC2=S)c(C)c1. The first kappa shape index (κ1) is 19.6. The first-order valence-electron chi connectivity index (χ1n) is 9.14. The van der Waals surface area contributed by atoms with Crippen LogP contribution in [0.5, 0.6) is 0 Å². The Hall–Kier alpha value is -2.70. The first-order chi connectivity index (χ1) is 13.8. The fourth-order valence-electron chi connectivity index (χ4n) is 3.61. The lowest BCUT2D eigenvalue weighted by atomic mass is 10.0. The molecule has 0 radical (unpaired) electrons. The van der Waals surface area contributed by atoms with Crippen molar-refractivity contribution in [2.45, 2.75) is 27.7 Å². The van der Waals surface area contributed by atoms with Crippen LogP contribution in [0.25, 0.3) is 17.0 Å². The van der Waals surface area contributed by atoms with E-state index < -0.39 is 0 Å². The van der Waals surface area contributed by atoms with Gasteiger partial charge in [-0.3, -0.25) is 14.5 Å². The van der Waals surface area contributed by atoms with Crippen LogP contribution in [-0.4, -0.2) is 10.2 Å². The van der Waals surface area contributed by atoms with E-state index in [0.29, 0.717) is 25.8 Å². The van der Waals surface area contributed by atoms with Crippen molar-refractivity contribution < 1.29 is 9.21 Å². The van der Waals surface area contributed by atoms with E-state index >= 15 is 0 Å². The highest BCUT2D eigenvalue weighted by Gasteiger charge is 2.34. The second-order valence-corrected chi connectivity index (χ2v) is 8.96. The van der Waals surface area contributed by atoms with Gasteiger partial charge in [-0.1, -0.05) is 47.7 Å². The summed E-state index contributed by atoms with van der Waals surface area (Å²) in [6.07, 6.45) is 2.99. The average molecular weight is 422 g/mol.